The molecule has 0 heterocycles. The van der Waals surface area contributed by atoms with Crippen LogP contribution < -0.4 is 5.32 Å². The van der Waals surface area contributed by atoms with Gasteiger partial charge in [0.25, 0.3) is 5.91 Å². The second-order valence-electron chi connectivity index (χ2n) is 3.23. The number of ether oxygens (including phenoxy) is 1. The lowest BCUT2D eigenvalue weighted by Gasteiger charge is -2.07. The van der Waals surface area contributed by atoms with Crippen molar-refractivity contribution in [2.24, 2.45) is 0 Å². The van der Waals surface area contributed by atoms with Crippen molar-refractivity contribution < 1.29 is 19.7 Å². The first kappa shape index (κ1) is 13.8. The highest BCUT2D eigenvalue weighted by Crippen LogP contribution is 2.27. The van der Waals surface area contributed by atoms with E-state index in [0.717, 1.165) is 5.33 Å². The van der Waals surface area contributed by atoms with Gasteiger partial charge in [0.1, 0.15) is 0 Å². The number of amides is 1. The molecule has 0 aromatic heterocycles. The summed E-state index contributed by atoms with van der Waals surface area (Å²) < 4.78 is 5.15. The molecule has 0 fully saturated rings. The van der Waals surface area contributed by atoms with Crippen LogP contribution in [0.3, 0.4) is 0 Å². The lowest BCUT2D eigenvalue weighted by atomic mass is 10.1. The predicted molar refractivity (Wildman–Crippen MR) is 66.7 cm³/mol. The zero-order valence-electron chi connectivity index (χ0n) is 9.15. The molecule has 0 saturated carbocycles. The predicted octanol–water partition coefficient (Wildman–Crippen LogP) is 1.24. The van der Waals surface area contributed by atoms with Gasteiger partial charge in [-0.3, -0.25) is 4.79 Å². The Morgan fingerprint density at radius 2 is 2.12 bits per heavy atom. The van der Waals surface area contributed by atoms with Crippen molar-refractivity contribution in [3.05, 3.63) is 23.8 Å². The molecule has 0 saturated heterocycles. The van der Waals surface area contributed by atoms with Crippen molar-refractivity contribution in [1.82, 2.24) is 5.32 Å². The van der Waals surface area contributed by atoms with E-state index in [9.17, 15) is 15.0 Å². The number of benzene rings is 1. The van der Waals surface area contributed by atoms with Gasteiger partial charge in [0, 0.05) is 11.9 Å². The van der Waals surface area contributed by atoms with E-state index >= 15 is 0 Å². The first-order valence-electron chi connectivity index (χ1n) is 5.09. The summed E-state index contributed by atoms with van der Waals surface area (Å²) in [6.07, 6.45) is 0. The molecule has 0 aliphatic carbocycles. The number of alkyl halides is 1. The number of phenols is 2. The van der Waals surface area contributed by atoms with Crippen LogP contribution in [0.15, 0.2) is 18.2 Å². The van der Waals surface area contributed by atoms with E-state index in [1.165, 1.54) is 18.2 Å². The van der Waals surface area contributed by atoms with Crippen LogP contribution in [0.2, 0.25) is 0 Å². The van der Waals surface area contributed by atoms with Crippen molar-refractivity contribution in [1.29, 1.82) is 0 Å². The Bertz CT molecular complexity index is 384. The van der Waals surface area contributed by atoms with Gasteiger partial charge < -0.3 is 20.3 Å². The SMILES string of the molecule is O=C(NCCOCCBr)c1cccc(O)c1O. The molecule has 0 spiro atoms. The molecule has 6 heteroatoms. The van der Waals surface area contributed by atoms with Crippen LogP contribution in [-0.4, -0.2) is 41.2 Å². The Morgan fingerprint density at radius 3 is 2.82 bits per heavy atom. The van der Waals surface area contributed by atoms with E-state index in [1.54, 1.807) is 0 Å². The summed E-state index contributed by atoms with van der Waals surface area (Å²) in [5, 5.41) is 22.0. The van der Waals surface area contributed by atoms with E-state index in [-0.39, 0.29) is 11.3 Å². The summed E-state index contributed by atoms with van der Waals surface area (Å²) in [6, 6.07) is 4.24. The summed E-state index contributed by atoms with van der Waals surface area (Å²) in [7, 11) is 0. The van der Waals surface area contributed by atoms with Gasteiger partial charge in [0.15, 0.2) is 11.5 Å². The van der Waals surface area contributed by atoms with Gasteiger partial charge in [-0.15, -0.1) is 0 Å². The maximum absolute atomic E-state index is 11.6. The number of aromatic hydroxyl groups is 2. The van der Waals surface area contributed by atoms with Crippen LogP contribution in [-0.2, 0) is 4.74 Å². The van der Waals surface area contributed by atoms with E-state index < -0.39 is 11.7 Å². The molecule has 0 atom stereocenters. The monoisotopic (exact) mass is 303 g/mol. The van der Waals surface area contributed by atoms with Gasteiger partial charge in [-0.2, -0.15) is 0 Å². The molecule has 0 unspecified atom stereocenters. The molecule has 5 nitrogen and oxygen atoms in total. The van der Waals surface area contributed by atoms with Crippen LogP contribution in [0.4, 0.5) is 0 Å². The zero-order chi connectivity index (χ0) is 12.7. The summed E-state index contributed by atoms with van der Waals surface area (Å²) in [5.74, 6) is -1.17. The Kier molecular flexibility index (Phi) is 5.79. The molecule has 1 aromatic rings. The molecule has 0 bridgehead atoms. The molecule has 0 aliphatic heterocycles. The lowest BCUT2D eigenvalue weighted by molar-refractivity contribution is 0.0921. The third-order valence-electron chi connectivity index (χ3n) is 2.01. The van der Waals surface area contributed by atoms with Gasteiger partial charge in [0.05, 0.1) is 18.8 Å². The highest BCUT2D eigenvalue weighted by molar-refractivity contribution is 9.09. The molecular formula is C11H14BrNO4. The fourth-order valence-electron chi connectivity index (χ4n) is 1.20. The number of hydrogen-bond acceptors (Lipinski definition) is 4. The molecule has 94 valence electrons. The summed E-state index contributed by atoms with van der Waals surface area (Å²) in [5.41, 5.74) is 0.0468. The van der Waals surface area contributed by atoms with Crippen LogP contribution in [0.25, 0.3) is 0 Å². The number of halogens is 1. The number of carbonyl (C=O) groups excluding carboxylic acids is 1. The largest absolute Gasteiger partial charge is 0.504 e. The minimum Gasteiger partial charge on any atom is -0.504 e. The van der Waals surface area contributed by atoms with E-state index in [0.29, 0.717) is 19.8 Å². The normalized spacial score (nSPS) is 10.2. The maximum Gasteiger partial charge on any atom is 0.255 e. The van der Waals surface area contributed by atoms with Crippen LogP contribution in [0.5, 0.6) is 11.5 Å². The molecule has 3 N–H and O–H groups in total. The standard InChI is InChI=1S/C11H14BrNO4/c12-4-6-17-7-5-13-11(16)8-2-1-3-9(14)10(8)15/h1-3,14-15H,4-7H2,(H,13,16). The summed E-state index contributed by atoms with van der Waals surface area (Å²) in [4.78, 5) is 11.6. The van der Waals surface area contributed by atoms with Crippen molar-refractivity contribution in [3.8, 4) is 11.5 Å². The van der Waals surface area contributed by atoms with E-state index in [4.69, 9.17) is 4.74 Å². The molecular weight excluding hydrogens is 290 g/mol. The fourth-order valence-corrected chi connectivity index (χ4v) is 1.43. The van der Waals surface area contributed by atoms with Crippen LogP contribution in [0.1, 0.15) is 10.4 Å². The number of nitrogens with one attached hydrogen (secondary N) is 1. The quantitative estimate of drug-likeness (QED) is 0.420. The number of hydrogen-bond donors (Lipinski definition) is 3. The van der Waals surface area contributed by atoms with E-state index in [2.05, 4.69) is 21.2 Å². The molecule has 17 heavy (non-hydrogen) atoms. The fraction of sp³-hybridized carbons (Fsp3) is 0.364. The average molecular weight is 304 g/mol. The third kappa shape index (κ3) is 4.24. The molecule has 0 aliphatic rings. The second kappa shape index (κ2) is 7.13. The van der Waals surface area contributed by atoms with Gasteiger partial charge in [-0.05, 0) is 12.1 Å². The van der Waals surface area contributed by atoms with Crippen molar-refractivity contribution in [2.75, 3.05) is 25.1 Å². The van der Waals surface area contributed by atoms with Crippen molar-refractivity contribution >= 4 is 21.8 Å². The Labute approximate surface area is 108 Å². The molecule has 1 aromatic carbocycles. The molecule has 1 rings (SSSR count). The van der Waals surface area contributed by atoms with Gasteiger partial charge in [-0.25, -0.2) is 0 Å². The molecule has 0 radical (unpaired) electrons. The summed E-state index contributed by atoms with van der Waals surface area (Å²) >= 11 is 3.21. The Morgan fingerprint density at radius 1 is 1.35 bits per heavy atom. The third-order valence-corrected chi connectivity index (χ3v) is 2.34. The van der Waals surface area contributed by atoms with Crippen LogP contribution in [0, 0.1) is 0 Å². The highest BCUT2D eigenvalue weighted by Gasteiger charge is 2.12. The van der Waals surface area contributed by atoms with Gasteiger partial charge in [-0.1, -0.05) is 22.0 Å². The number of phenolic OH excluding ortho intramolecular Hbond substituents is 2. The highest BCUT2D eigenvalue weighted by atomic mass is 79.9. The van der Waals surface area contributed by atoms with E-state index in [1.807, 2.05) is 0 Å². The van der Waals surface area contributed by atoms with Gasteiger partial charge in [0.2, 0.25) is 0 Å². The average Bonchev–Trinajstić information content (AvgIpc) is 2.32. The van der Waals surface area contributed by atoms with Crippen molar-refractivity contribution in [3.63, 3.8) is 0 Å². The topological polar surface area (TPSA) is 78.8 Å². The maximum atomic E-state index is 11.6. The van der Waals surface area contributed by atoms with Crippen LogP contribution >= 0.6 is 15.9 Å². The number of carbonyl (C=O) groups is 1. The Hall–Kier alpha value is -1.27. The number of rotatable bonds is 6. The number of para-hydroxylation sites is 1. The summed E-state index contributed by atoms with van der Waals surface area (Å²) in [6.45, 7) is 1.32. The minimum absolute atomic E-state index is 0.0468. The Balaban J connectivity index is 2.44. The molecule has 1 amide bonds. The zero-order valence-corrected chi connectivity index (χ0v) is 10.7. The lowest BCUT2D eigenvalue weighted by Crippen LogP contribution is -2.27. The second-order valence-corrected chi connectivity index (χ2v) is 4.02. The first-order chi connectivity index (χ1) is 8.16. The minimum atomic E-state index is -0.444. The van der Waals surface area contributed by atoms with Crippen molar-refractivity contribution in [2.45, 2.75) is 0 Å². The first-order valence-corrected chi connectivity index (χ1v) is 6.21. The smallest absolute Gasteiger partial charge is 0.255 e. The van der Waals surface area contributed by atoms with Gasteiger partial charge >= 0.3 is 0 Å².